The first-order chi connectivity index (χ1) is 8.19. The van der Waals surface area contributed by atoms with E-state index in [4.69, 9.17) is 5.11 Å². The Bertz CT molecular complexity index is 239. The number of carbonyl (C=O) groups is 1. The van der Waals surface area contributed by atoms with Crippen LogP contribution in [-0.2, 0) is 9.53 Å². The van der Waals surface area contributed by atoms with Crippen molar-refractivity contribution in [1.29, 1.82) is 0 Å². The number of aliphatic hydroxyl groups excluding tert-OH is 1. The number of esters is 1. The first-order valence-electron chi connectivity index (χ1n) is 6.28. The molecule has 0 amide bonds. The van der Waals surface area contributed by atoms with Gasteiger partial charge in [-0.05, 0) is 25.3 Å². The zero-order valence-corrected chi connectivity index (χ0v) is 11.2. The Labute approximate surface area is 104 Å². The van der Waals surface area contributed by atoms with Crippen molar-refractivity contribution in [2.45, 2.75) is 33.1 Å². The van der Waals surface area contributed by atoms with Gasteiger partial charge in [-0.15, -0.1) is 0 Å². The molecule has 0 fully saturated rings. The summed E-state index contributed by atoms with van der Waals surface area (Å²) >= 11 is 0. The van der Waals surface area contributed by atoms with Crippen LogP contribution in [0.4, 0.5) is 0 Å². The van der Waals surface area contributed by atoms with Crippen LogP contribution in [0.5, 0.6) is 0 Å². The van der Waals surface area contributed by atoms with Gasteiger partial charge in [-0.3, -0.25) is 0 Å². The van der Waals surface area contributed by atoms with Gasteiger partial charge in [-0.25, -0.2) is 4.79 Å². The molecule has 0 aromatic heterocycles. The van der Waals surface area contributed by atoms with Gasteiger partial charge in [0.15, 0.2) is 0 Å². The Morgan fingerprint density at radius 3 is 2.65 bits per heavy atom. The minimum Gasteiger partial charge on any atom is -0.466 e. The SMILES string of the molecule is CC/C(=C/CNCC(CC)CCO)C(=O)OC. The van der Waals surface area contributed by atoms with Crippen molar-refractivity contribution in [3.63, 3.8) is 0 Å². The molecule has 0 rings (SSSR count). The molecule has 0 bridgehead atoms. The largest absolute Gasteiger partial charge is 0.466 e. The highest BCUT2D eigenvalue weighted by atomic mass is 16.5. The summed E-state index contributed by atoms with van der Waals surface area (Å²) in [6.07, 6.45) is 4.43. The van der Waals surface area contributed by atoms with Crippen molar-refractivity contribution in [1.82, 2.24) is 5.32 Å². The van der Waals surface area contributed by atoms with Gasteiger partial charge in [0.05, 0.1) is 7.11 Å². The number of rotatable bonds is 9. The van der Waals surface area contributed by atoms with Gasteiger partial charge in [0.25, 0.3) is 0 Å². The number of carbonyl (C=O) groups excluding carboxylic acids is 1. The van der Waals surface area contributed by atoms with Gasteiger partial charge in [-0.2, -0.15) is 0 Å². The van der Waals surface area contributed by atoms with Gasteiger partial charge >= 0.3 is 5.97 Å². The Morgan fingerprint density at radius 1 is 1.47 bits per heavy atom. The number of methoxy groups -OCH3 is 1. The molecule has 0 aromatic carbocycles. The molecule has 0 aromatic rings. The molecule has 4 heteroatoms. The zero-order valence-electron chi connectivity index (χ0n) is 11.2. The van der Waals surface area contributed by atoms with Crippen LogP contribution in [-0.4, -0.2) is 37.9 Å². The lowest BCUT2D eigenvalue weighted by Gasteiger charge is -2.13. The minimum atomic E-state index is -0.253. The lowest BCUT2D eigenvalue weighted by atomic mass is 10.0. The molecule has 17 heavy (non-hydrogen) atoms. The third kappa shape index (κ3) is 7.13. The van der Waals surface area contributed by atoms with E-state index in [0.717, 1.165) is 19.4 Å². The molecular formula is C13H25NO3. The van der Waals surface area contributed by atoms with Crippen molar-refractivity contribution in [3.8, 4) is 0 Å². The summed E-state index contributed by atoms with van der Waals surface area (Å²) in [6.45, 7) is 5.82. The lowest BCUT2D eigenvalue weighted by molar-refractivity contribution is -0.136. The fourth-order valence-corrected chi connectivity index (χ4v) is 1.62. The molecule has 1 unspecified atom stereocenters. The number of aliphatic hydroxyl groups is 1. The van der Waals surface area contributed by atoms with Crippen LogP contribution in [0.25, 0.3) is 0 Å². The maximum atomic E-state index is 11.3. The summed E-state index contributed by atoms with van der Waals surface area (Å²) in [4.78, 5) is 11.3. The summed E-state index contributed by atoms with van der Waals surface area (Å²) in [6, 6.07) is 0. The van der Waals surface area contributed by atoms with E-state index in [9.17, 15) is 4.79 Å². The van der Waals surface area contributed by atoms with E-state index in [1.165, 1.54) is 7.11 Å². The predicted octanol–water partition coefficient (Wildman–Crippen LogP) is 1.49. The van der Waals surface area contributed by atoms with E-state index >= 15 is 0 Å². The maximum Gasteiger partial charge on any atom is 0.333 e. The van der Waals surface area contributed by atoms with Crippen molar-refractivity contribution >= 4 is 5.97 Å². The van der Waals surface area contributed by atoms with Crippen LogP contribution < -0.4 is 5.32 Å². The third-order valence-corrected chi connectivity index (χ3v) is 2.87. The van der Waals surface area contributed by atoms with E-state index in [1.807, 2.05) is 13.0 Å². The van der Waals surface area contributed by atoms with Crippen LogP contribution in [0.15, 0.2) is 11.6 Å². The first-order valence-corrected chi connectivity index (χ1v) is 6.28. The third-order valence-electron chi connectivity index (χ3n) is 2.87. The number of ether oxygens (including phenoxy) is 1. The Morgan fingerprint density at radius 2 is 2.18 bits per heavy atom. The molecule has 2 N–H and O–H groups in total. The standard InChI is InChI=1S/C13H25NO3/c1-4-11(7-9-15)10-14-8-6-12(5-2)13(16)17-3/h6,11,14-15H,4-5,7-10H2,1-3H3/b12-6-. The summed E-state index contributed by atoms with van der Waals surface area (Å²) in [5, 5.41) is 12.1. The van der Waals surface area contributed by atoms with E-state index in [-0.39, 0.29) is 12.6 Å². The second-order valence-corrected chi connectivity index (χ2v) is 4.02. The topological polar surface area (TPSA) is 58.6 Å². The van der Waals surface area contributed by atoms with Gasteiger partial charge in [0, 0.05) is 18.7 Å². The fourth-order valence-electron chi connectivity index (χ4n) is 1.62. The number of nitrogens with one attached hydrogen (secondary N) is 1. The lowest BCUT2D eigenvalue weighted by Crippen LogP contribution is -2.24. The number of hydrogen-bond donors (Lipinski definition) is 2. The van der Waals surface area contributed by atoms with Crippen molar-refractivity contribution in [3.05, 3.63) is 11.6 Å². The normalized spacial score (nSPS) is 13.5. The monoisotopic (exact) mass is 243 g/mol. The maximum absolute atomic E-state index is 11.3. The van der Waals surface area contributed by atoms with Crippen molar-refractivity contribution < 1.29 is 14.6 Å². The Balaban J connectivity index is 3.94. The molecule has 0 saturated carbocycles. The smallest absolute Gasteiger partial charge is 0.333 e. The molecule has 0 radical (unpaired) electrons. The molecule has 0 heterocycles. The predicted molar refractivity (Wildman–Crippen MR) is 68.7 cm³/mol. The minimum absolute atomic E-state index is 0.235. The molecule has 1 atom stereocenters. The molecule has 0 spiro atoms. The zero-order chi connectivity index (χ0) is 13.1. The van der Waals surface area contributed by atoms with Crippen molar-refractivity contribution in [2.24, 2.45) is 5.92 Å². The highest BCUT2D eigenvalue weighted by Gasteiger charge is 2.07. The van der Waals surface area contributed by atoms with Gasteiger partial charge in [0.2, 0.25) is 0 Å². The average Bonchev–Trinajstić information content (AvgIpc) is 2.36. The molecule has 0 aliphatic heterocycles. The molecule has 0 aliphatic carbocycles. The number of hydrogen-bond acceptors (Lipinski definition) is 4. The van der Waals surface area contributed by atoms with Crippen LogP contribution >= 0.6 is 0 Å². The van der Waals surface area contributed by atoms with Crippen LogP contribution in [0, 0.1) is 5.92 Å². The summed E-state index contributed by atoms with van der Waals surface area (Å²) in [5.41, 5.74) is 0.704. The van der Waals surface area contributed by atoms with E-state index < -0.39 is 0 Å². The Hall–Kier alpha value is -0.870. The fraction of sp³-hybridized carbons (Fsp3) is 0.769. The second kappa shape index (κ2) is 10.3. The highest BCUT2D eigenvalue weighted by molar-refractivity contribution is 5.88. The van der Waals surface area contributed by atoms with Crippen LogP contribution in [0.1, 0.15) is 33.1 Å². The van der Waals surface area contributed by atoms with E-state index in [2.05, 4.69) is 17.0 Å². The van der Waals surface area contributed by atoms with E-state index in [1.54, 1.807) is 0 Å². The summed E-state index contributed by atoms with van der Waals surface area (Å²) in [5.74, 6) is 0.244. The summed E-state index contributed by atoms with van der Waals surface area (Å²) in [7, 11) is 1.40. The van der Waals surface area contributed by atoms with Crippen molar-refractivity contribution in [2.75, 3.05) is 26.8 Å². The van der Waals surface area contributed by atoms with Gasteiger partial charge < -0.3 is 15.2 Å². The van der Waals surface area contributed by atoms with Gasteiger partial charge in [0.1, 0.15) is 0 Å². The quantitative estimate of drug-likeness (QED) is 0.366. The molecule has 100 valence electrons. The average molecular weight is 243 g/mol. The van der Waals surface area contributed by atoms with Crippen LogP contribution in [0.3, 0.4) is 0 Å². The molecule has 0 aliphatic rings. The second-order valence-electron chi connectivity index (χ2n) is 4.02. The summed E-state index contributed by atoms with van der Waals surface area (Å²) < 4.78 is 4.67. The van der Waals surface area contributed by atoms with Crippen LogP contribution in [0.2, 0.25) is 0 Å². The van der Waals surface area contributed by atoms with Gasteiger partial charge in [-0.1, -0.05) is 26.3 Å². The molecule has 0 saturated heterocycles. The molecular weight excluding hydrogens is 218 g/mol. The first kappa shape index (κ1) is 16.1. The highest BCUT2D eigenvalue weighted by Crippen LogP contribution is 2.06. The van der Waals surface area contributed by atoms with E-state index in [0.29, 0.717) is 24.5 Å². The molecule has 4 nitrogen and oxygen atoms in total. The Kier molecular flexibility index (Phi) is 9.77.